The van der Waals surface area contributed by atoms with Crippen LogP contribution in [0.1, 0.15) is 5.56 Å². The van der Waals surface area contributed by atoms with Gasteiger partial charge in [-0.05, 0) is 61.0 Å². The number of halogens is 1. The molecule has 0 radical (unpaired) electrons. The van der Waals surface area contributed by atoms with Crippen molar-refractivity contribution in [1.82, 2.24) is 0 Å². The molecule has 0 aliphatic rings. The van der Waals surface area contributed by atoms with Crippen LogP contribution in [0.3, 0.4) is 0 Å². The monoisotopic (exact) mass is 444 g/mol. The van der Waals surface area contributed by atoms with Crippen molar-refractivity contribution in [2.75, 3.05) is 23.3 Å². The molecule has 30 heavy (non-hydrogen) atoms. The van der Waals surface area contributed by atoms with Crippen molar-refractivity contribution in [2.45, 2.75) is 11.8 Å². The number of sulfonamides is 1. The highest BCUT2D eigenvalue weighted by Crippen LogP contribution is 2.31. The van der Waals surface area contributed by atoms with E-state index in [2.05, 4.69) is 5.32 Å². The minimum atomic E-state index is -4.12. The van der Waals surface area contributed by atoms with E-state index >= 15 is 0 Å². The first-order valence-corrected chi connectivity index (χ1v) is 10.9. The molecule has 0 atom stereocenters. The number of carbonyl (C=O) groups excluding carboxylic acids is 1. The maximum atomic E-state index is 13.6. The van der Waals surface area contributed by atoms with Gasteiger partial charge in [-0.2, -0.15) is 0 Å². The SMILES string of the molecule is COc1ccc(C)cc1S(=O)(=O)N(CC(=O)Nc1ccccc1)c1ccc(Cl)cc1. The molecular formula is C22H21ClN2O4S. The maximum Gasteiger partial charge on any atom is 0.268 e. The molecule has 3 aromatic rings. The average Bonchev–Trinajstić information content (AvgIpc) is 2.73. The summed E-state index contributed by atoms with van der Waals surface area (Å²) in [6, 6.07) is 19.9. The van der Waals surface area contributed by atoms with Gasteiger partial charge in [-0.25, -0.2) is 8.42 Å². The summed E-state index contributed by atoms with van der Waals surface area (Å²) in [7, 11) is -2.71. The average molecular weight is 445 g/mol. The second-order valence-corrected chi connectivity index (χ2v) is 8.82. The van der Waals surface area contributed by atoms with E-state index in [1.54, 1.807) is 67.6 Å². The molecular weight excluding hydrogens is 424 g/mol. The molecule has 0 bridgehead atoms. The second kappa shape index (κ2) is 9.19. The number of ether oxygens (including phenoxy) is 1. The third kappa shape index (κ3) is 4.93. The summed E-state index contributed by atoms with van der Waals surface area (Å²) in [5.74, 6) is -0.283. The van der Waals surface area contributed by atoms with E-state index < -0.39 is 22.5 Å². The van der Waals surface area contributed by atoms with Gasteiger partial charge >= 0.3 is 0 Å². The topological polar surface area (TPSA) is 75.7 Å². The van der Waals surface area contributed by atoms with Crippen molar-refractivity contribution < 1.29 is 17.9 Å². The van der Waals surface area contributed by atoms with E-state index in [4.69, 9.17) is 16.3 Å². The van der Waals surface area contributed by atoms with E-state index in [9.17, 15) is 13.2 Å². The van der Waals surface area contributed by atoms with Crippen LogP contribution in [0.2, 0.25) is 5.02 Å². The number of carbonyl (C=O) groups is 1. The molecule has 0 fully saturated rings. The van der Waals surface area contributed by atoms with Gasteiger partial charge in [-0.15, -0.1) is 0 Å². The fourth-order valence-corrected chi connectivity index (χ4v) is 4.67. The lowest BCUT2D eigenvalue weighted by molar-refractivity contribution is -0.114. The summed E-state index contributed by atoms with van der Waals surface area (Å²) in [6.07, 6.45) is 0. The summed E-state index contributed by atoms with van der Waals surface area (Å²) in [5, 5.41) is 3.17. The van der Waals surface area contributed by atoms with E-state index in [1.807, 2.05) is 6.07 Å². The van der Waals surface area contributed by atoms with Gasteiger partial charge in [0, 0.05) is 10.7 Å². The molecule has 0 aromatic heterocycles. The smallest absolute Gasteiger partial charge is 0.268 e. The minimum Gasteiger partial charge on any atom is -0.495 e. The van der Waals surface area contributed by atoms with Crippen molar-refractivity contribution >= 4 is 38.9 Å². The summed E-state index contributed by atoms with van der Waals surface area (Å²) >= 11 is 5.96. The number of para-hydroxylation sites is 1. The van der Waals surface area contributed by atoms with E-state index in [1.165, 1.54) is 13.2 Å². The van der Waals surface area contributed by atoms with Gasteiger partial charge in [-0.1, -0.05) is 35.9 Å². The number of benzene rings is 3. The standard InChI is InChI=1S/C22H21ClN2O4S/c1-16-8-13-20(29-2)21(14-16)30(27,28)25(19-11-9-17(23)10-12-19)15-22(26)24-18-6-4-3-5-7-18/h3-14H,15H2,1-2H3,(H,24,26). The molecule has 3 rings (SSSR count). The quantitative estimate of drug-likeness (QED) is 0.582. The number of hydrogen-bond donors (Lipinski definition) is 1. The number of aryl methyl sites for hydroxylation is 1. The van der Waals surface area contributed by atoms with Gasteiger partial charge in [0.05, 0.1) is 12.8 Å². The zero-order chi connectivity index (χ0) is 21.7. The molecule has 6 nitrogen and oxygen atoms in total. The molecule has 0 unspecified atom stereocenters. The summed E-state index contributed by atoms with van der Waals surface area (Å²) in [5.41, 5.74) is 1.63. The van der Waals surface area contributed by atoms with Crippen molar-refractivity contribution in [3.05, 3.63) is 83.4 Å². The molecule has 3 aromatic carbocycles. The maximum absolute atomic E-state index is 13.6. The Morgan fingerprint density at radius 3 is 2.33 bits per heavy atom. The highest BCUT2D eigenvalue weighted by molar-refractivity contribution is 7.93. The third-order valence-corrected chi connectivity index (χ3v) is 6.39. The van der Waals surface area contributed by atoms with Crippen LogP contribution in [-0.4, -0.2) is 28.0 Å². The Bertz CT molecular complexity index is 1130. The Hall–Kier alpha value is -3.03. The highest BCUT2D eigenvalue weighted by Gasteiger charge is 2.30. The van der Waals surface area contributed by atoms with E-state index in [0.717, 1.165) is 9.87 Å². The first-order chi connectivity index (χ1) is 14.3. The second-order valence-electron chi connectivity index (χ2n) is 6.56. The number of anilines is 2. The number of rotatable bonds is 7. The molecule has 0 spiro atoms. The zero-order valence-electron chi connectivity index (χ0n) is 16.5. The first kappa shape index (κ1) is 21.7. The predicted molar refractivity (Wildman–Crippen MR) is 119 cm³/mol. The van der Waals surface area contributed by atoms with Gasteiger partial charge in [0.15, 0.2) is 0 Å². The molecule has 8 heteroatoms. The fraction of sp³-hybridized carbons (Fsp3) is 0.136. The van der Waals surface area contributed by atoms with Gasteiger partial charge in [0.1, 0.15) is 17.2 Å². The molecule has 0 aliphatic heterocycles. The Balaban J connectivity index is 2.02. The fourth-order valence-electron chi connectivity index (χ4n) is 2.88. The predicted octanol–water partition coefficient (Wildman–Crippen LogP) is 4.49. The molecule has 1 N–H and O–H groups in total. The number of nitrogens with zero attached hydrogens (tertiary/aromatic N) is 1. The van der Waals surface area contributed by atoms with Crippen LogP contribution in [0.25, 0.3) is 0 Å². The van der Waals surface area contributed by atoms with Crippen LogP contribution < -0.4 is 14.4 Å². The van der Waals surface area contributed by atoms with Gasteiger partial charge < -0.3 is 10.1 Å². The van der Waals surface area contributed by atoms with Gasteiger partial charge in [0.25, 0.3) is 10.0 Å². The van der Waals surface area contributed by atoms with Crippen molar-refractivity contribution in [1.29, 1.82) is 0 Å². The van der Waals surface area contributed by atoms with E-state index in [-0.39, 0.29) is 10.6 Å². The van der Waals surface area contributed by atoms with Crippen molar-refractivity contribution in [3.8, 4) is 5.75 Å². The molecule has 0 saturated heterocycles. The lowest BCUT2D eigenvalue weighted by Gasteiger charge is -2.25. The number of nitrogens with one attached hydrogen (secondary N) is 1. The summed E-state index contributed by atoms with van der Waals surface area (Å²) in [6.45, 7) is 1.36. The largest absolute Gasteiger partial charge is 0.495 e. The number of hydrogen-bond acceptors (Lipinski definition) is 4. The van der Waals surface area contributed by atoms with Crippen LogP contribution in [0, 0.1) is 6.92 Å². The summed E-state index contributed by atoms with van der Waals surface area (Å²) in [4.78, 5) is 12.7. The molecule has 0 aliphatic carbocycles. The van der Waals surface area contributed by atoms with Crippen LogP contribution in [0.5, 0.6) is 5.75 Å². The first-order valence-electron chi connectivity index (χ1n) is 9.09. The van der Waals surface area contributed by atoms with Crippen LogP contribution in [0.15, 0.2) is 77.7 Å². The van der Waals surface area contributed by atoms with Crippen LogP contribution in [-0.2, 0) is 14.8 Å². The van der Waals surface area contributed by atoms with Crippen LogP contribution >= 0.6 is 11.6 Å². The Kier molecular flexibility index (Phi) is 6.64. The Morgan fingerprint density at radius 2 is 1.70 bits per heavy atom. The van der Waals surface area contributed by atoms with E-state index in [0.29, 0.717) is 16.4 Å². The highest BCUT2D eigenvalue weighted by atomic mass is 35.5. The summed E-state index contributed by atoms with van der Waals surface area (Å²) < 4.78 is 33.4. The molecule has 156 valence electrons. The molecule has 1 amide bonds. The third-order valence-electron chi connectivity index (χ3n) is 4.35. The minimum absolute atomic E-state index is 0.0209. The van der Waals surface area contributed by atoms with Crippen molar-refractivity contribution in [2.24, 2.45) is 0 Å². The normalized spacial score (nSPS) is 11.0. The van der Waals surface area contributed by atoms with Gasteiger partial charge in [-0.3, -0.25) is 9.10 Å². The lowest BCUT2D eigenvalue weighted by atomic mass is 10.2. The van der Waals surface area contributed by atoms with Gasteiger partial charge in [0.2, 0.25) is 5.91 Å². The molecule has 0 heterocycles. The lowest BCUT2D eigenvalue weighted by Crippen LogP contribution is -2.38. The number of amides is 1. The van der Waals surface area contributed by atoms with Crippen molar-refractivity contribution in [3.63, 3.8) is 0 Å². The Labute approximate surface area is 181 Å². The number of methoxy groups -OCH3 is 1. The zero-order valence-corrected chi connectivity index (χ0v) is 18.1. The molecule has 0 saturated carbocycles. The van der Waals surface area contributed by atoms with Crippen LogP contribution in [0.4, 0.5) is 11.4 Å². The Morgan fingerprint density at radius 1 is 1.03 bits per heavy atom.